The van der Waals surface area contributed by atoms with Crippen LogP contribution in [0.25, 0.3) is 0 Å². The van der Waals surface area contributed by atoms with Gasteiger partial charge in [0.25, 0.3) is 0 Å². The fraction of sp³-hybridized carbons (Fsp3) is 0.200. The number of hydrogen-bond acceptors (Lipinski definition) is 1. The molecule has 0 amide bonds. The minimum atomic E-state index is -6.00. The van der Waals surface area contributed by atoms with Crippen LogP contribution < -0.4 is 0 Å². The van der Waals surface area contributed by atoms with Gasteiger partial charge in [-0.2, -0.15) is 0 Å². The van der Waals surface area contributed by atoms with Gasteiger partial charge in [-0.15, -0.1) is 0 Å². The summed E-state index contributed by atoms with van der Waals surface area (Å²) >= 11 is 0. The van der Waals surface area contributed by atoms with E-state index in [0.717, 1.165) is 12.5 Å². The predicted octanol–water partition coefficient (Wildman–Crippen LogP) is 2.57. The Hall–Kier alpha value is -0.516. The van der Waals surface area contributed by atoms with Crippen molar-refractivity contribution in [2.75, 3.05) is 7.11 Å². The molecule has 0 aromatic carbocycles. The van der Waals surface area contributed by atoms with E-state index in [1.807, 2.05) is 12.8 Å². The summed E-state index contributed by atoms with van der Waals surface area (Å²) < 4.78 is 66.4. The average molecular weight is 336 g/mol. The first-order valence-electron chi connectivity index (χ1n) is 4.16. The van der Waals surface area contributed by atoms with Crippen LogP contribution in [-0.2, 0) is 35.8 Å². The molecule has 0 saturated heterocycles. The molecule has 111 valence electrons. The number of ether oxygens (including phenoxy) is 1. The largest absolute Gasteiger partial charge is 2.00 e. The molecule has 0 aromatic heterocycles. The Morgan fingerprint density at radius 2 is 1.20 bits per heavy atom. The van der Waals surface area contributed by atoms with Crippen molar-refractivity contribution in [3.63, 3.8) is 0 Å². The Morgan fingerprint density at radius 1 is 0.950 bits per heavy atom. The van der Waals surface area contributed by atoms with Gasteiger partial charge in [0.2, 0.25) is 0 Å². The maximum Gasteiger partial charge on any atom is 2.00 e. The molecule has 10 heteroatoms. The van der Waals surface area contributed by atoms with Gasteiger partial charge in [-0.3, -0.25) is 0 Å². The van der Waals surface area contributed by atoms with Crippen molar-refractivity contribution in [1.29, 1.82) is 0 Å². The Bertz CT molecular complexity index is 207. The summed E-state index contributed by atoms with van der Waals surface area (Å²) in [7, 11) is -4.32. The summed E-state index contributed by atoms with van der Waals surface area (Å²) in [6, 6.07) is 0. The van der Waals surface area contributed by atoms with E-state index < -0.39 is 7.25 Å². The zero-order valence-electron chi connectivity index (χ0n) is 10.1. The van der Waals surface area contributed by atoms with E-state index in [0.29, 0.717) is 0 Å². The van der Waals surface area contributed by atoms with Crippen molar-refractivity contribution in [2.24, 2.45) is 0 Å². The van der Waals surface area contributed by atoms with Crippen LogP contribution in [0.2, 0.25) is 0 Å². The molecular formula is C10H9BF4FeO4+. The zero-order chi connectivity index (χ0) is 16.3. The van der Waals surface area contributed by atoms with Crippen LogP contribution in [0.1, 0.15) is 6.42 Å². The van der Waals surface area contributed by atoms with Gasteiger partial charge < -0.3 is 22.0 Å². The SMILES string of the molecule is CO[C]1[CH][CH]C[CH][CH]1.F[B-](F)(F)F.[C-]#[O+].[C-]#[O+].[C-]#[O+].[Fe+2]. The molecule has 0 bridgehead atoms. The predicted molar refractivity (Wildman–Crippen MR) is 54.0 cm³/mol. The molecule has 0 unspecified atom stereocenters. The molecule has 0 spiro atoms. The average Bonchev–Trinajstić information content (AvgIpc) is 2.44. The maximum atomic E-state index is 9.75. The van der Waals surface area contributed by atoms with Crippen LogP contribution in [0, 0.1) is 51.7 Å². The van der Waals surface area contributed by atoms with Gasteiger partial charge >= 0.3 is 58.2 Å². The number of methoxy groups -OCH3 is 1. The second-order valence-corrected chi connectivity index (χ2v) is 2.14. The van der Waals surface area contributed by atoms with Crippen LogP contribution in [0.5, 0.6) is 0 Å². The van der Waals surface area contributed by atoms with E-state index in [9.17, 15) is 17.3 Å². The van der Waals surface area contributed by atoms with Crippen LogP contribution in [0.3, 0.4) is 0 Å². The summed E-state index contributed by atoms with van der Waals surface area (Å²) in [4.78, 5) is 0. The van der Waals surface area contributed by atoms with Crippen LogP contribution >= 0.6 is 0 Å². The minimum Gasteiger partial charge on any atom is 2.00 e. The standard InChI is InChI=1S/C7H9O.3CO.BF4.Fe/c1-8-7-5-3-2-4-6-7;3*1-2;2-1(3,4)5;/h3-6H,2H2,1H3;;;;;/q;;;;-1;+2. The molecule has 20 heavy (non-hydrogen) atoms. The van der Waals surface area contributed by atoms with Crippen molar-refractivity contribution in [2.45, 2.75) is 6.42 Å². The van der Waals surface area contributed by atoms with E-state index >= 15 is 0 Å². The number of rotatable bonds is 1. The van der Waals surface area contributed by atoms with Crippen molar-refractivity contribution < 1.29 is 53.0 Å². The fourth-order valence-electron chi connectivity index (χ4n) is 0.639. The summed E-state index contributed by atoms with van der Waals surface area (Å²) in [5, 5.41) is 0. The minimum absolute atomic E-state index is 0. The zero-order valence-corrected chi connectivity index (χ0v) is 11.2. The third-order valence-electron chi connectivity index (χ3n) is 1.07. The summed E-state index contributed by atoms with van der Waals surface area (Å²) in [6.07, 6.45) is 10.1. The molecular weight excluding hydrogens is 327 g/mol. The molecule has 1 aliphatic carbocycles. The first-order valence-corrected chi connectivity index (χ1v) is 4.16. The quantitative estimate of drug-likeness (QED) is 0.314. The second-order valence-electron chi connectivity index (χ2n) is 2.14. The van der Waals surface area contributed by atoms with Crippen LogP contribution in [0.15, 0.2) is 0 Å². The normalized spacial score (nSPS) is 12.8. The van der Waals surface area contributed by atoms with Gasteiger partial charge in [0, 0.05) is 20.0 Å². The van der Waals surface area contributed by atoms with Gasteiger partial charge in [0.05, 0.1) is 0 Å². The van der Waals surface area contributed by atoms with E-state index in [1.54, 1.807) is 7.11 Å². The van der Waals surface area contributed by atoms with Crippen molar-refractivity contribution in [3.8, 4) is 0 Å². The van der Waals surface area contributed by atoms with E-state index in [2.05, 4.69) is 32.8 Å². The second kappa shape index (κ2) is 26.9. The molecule has 5 radical (unpaired) electrons. The maximum absolute atomic E-state index is 9.75. The molecule has 1 saturated carbocycles. The smallest absolute Gasteiger partial charge is 2.00 e. The molecule has 0 aromatic rings. The number of hydrogen-bond donors (Lipinski definition) is 0. The van der Waals surface area contributed by atoms with Crippen LogP contribution in [0.4, 0.5) is 17.3 Å². The summed E-state index contributed by atoms with van der Waals surface area (Å²) in [5.74, 6) is 0. The molecule has 1 rings (SSSR count). The first kappa shape index (κ1) is 31.7. The first-order chi connectivity index (χ1) is 8.93. The van der Waals surface area contributed by atoms with Gasteiger partial charge in [0.1, 0.15) is 6.10 Å². The molecule has 0 N–H and O–H groups in total. The molecule has 0 aliphatic heterocycles. The molecule has 4 nitrogen and oxygen atoms in total. The summed E-state index contributed by atoms with van der Waals surface area (Å²) in [5.41, 5.74) is 0. The Balaban J connectivity index is -0.0000000550. The van der Waals surface area contributed by atoms with Gasteiger partial charge in [0.15, 0.2) is 0 Å². The Labute approximate surface area is 126 Å². The monoisotopic (exact) mass is 336 g/mol. The van der Waals surface area contributed by atoms with Crippen molar-refractivity contribution in [1.82, 2.24) is 0 Å². The van der Waals surface area contributed by atoms with Gasteiger partial charge in [-0.05, 0) is 19.3 Å². The summed E-state index contributed by atoms with van der Waals surface area (Å²) in [6.45, 7) is 13.5. The topological polar surface area (TPSA) is 68.9 Å². The Kier molecular flexibility index (Phi) is 42.7. The molecule has 1 fully saturated rings. The van der Waals surface area contributed by atoms with E-state index in [1.165, 1.54) is 0 Å². The fourth-order valence-corrected chi connectivity index (χ4v) is 0.639. The Morgan fingerprint density at radius 3 is 1.35 bits per heavy atom. The van der Waals surface area contributed by atoms with Crippen LogP contribution in [-0.4, -0.2) is 14.4 Å². The number of halogens is 4. The third kappa shape index (κ3) is 52.8. The molecule has 0 heterocycles. The van der Waals surface area contributed by atoms with Crippen molar-refractivity contribution in [3.05, 3.63) is 51.7 Å². The third-order valence-corrected chi connectivity index (χ3v) is 1.07. The van der Waals surface area contributed by atoms with Crippen molar-refractivity contribution >= 4 is 7.25 Å². The van der Waals surface area contributed by atoms with Gasteiger partial charge in [-0.1, -0.05) is 0 Å². The molecule has 1 aliphatic rings. The molecule has 0 atom stereocenters. The van der Waals surface area contributed by atoms with Gasteiger partial charge in [-0.25, -0.2) is 0 Å². The van der Waals surface area contributed by atoms with E-state index in [-0.39, 0.29) is 17.1 Å². The van der Waals surface area contributed by atoms with E-state index in [4.69, 9.17) is 18.7 Å².